The number of aryl methyl sites for hydroxylation is 1. The van der Waals surface area contributed by atoms with Gasteiger partial charge in [0.25, 0.3) is 5.91 Å². The summed E-state index contributed by atoms with van der Waals surface area (Å²) >= 11 is 5.94. The highest BCUT2D eigenvalue weighted by Gasteiger charge is 2.20. The van der Waals surface area contributed by atoms with Gasteiger partial charge in [-0.05, 0) is 50.1 Å². The third kappa shape index (κ3) is 3.78. The fourth-order valence-corrected chi connectivity index (χ4v) is 2.94. The SMILES string of the molecule is CCC(NC(=O)c1nnn(-c2ccc(C)cc2)c1C)c1ccc(Cl)cc1. The van der Waals surface area contributed by atoms with Crippen LogP contribution in [0.25, 0.3) is 5.69 Å². The molecule has 2 aromatic carbocycles. The summed E-state index contributed by atoms with van der Waals surface area (Å²) in [4.78, 5) is 12.7. The number of halogens is 1. The van der Waals surface area contributed by atoms with E-state index in [1.54, 1.807) is 4.68 Å². The Morgan fingerprint density at radius 2 is 1.77 bits per heavy atom. The molecule has 134 valence electrons. The fraction of sp³-hybridized carbons (Fsp3) is 0.250. The van der Waals surface area contributed by atoms with E-state index in [1.165, 1.54) is 5.56 Å². The van der Waals surface area contributed by atoms with E-state index in [1.807, 2.05) is 69.3 Å². The highest BCUT2D eigenvalue weighted by atomic mass is 35.5. The number of hydrogen-bond acceptors (Lipinski definition) is 3. The molecule has 0 bridgehead atoms. The number of carbonyl (C=O) groups is 1. The first-order valence-corrected chi connectivity index (χ1v) is 8.93. The lowest BCUT2D eigenvalue weighted by molar-refractivity contribution is 0.0930. The lowest BCUT2D eigenvalue weighted by Crippen LogP contribution is -2.29. The van der Waals surface area contributed by atoms with E-state index in [0.717, 1.165) is 17.7 Å². The van der Waals surface area contributed by atoms with Gasteiger partial charge in [0.05, 0.1) is 17.4 Å². The van der Waals surface area contributed by atoms with Gasteiger partial charge in [0, 0.05) is 5.02 Å². The molecule has 0 aliphatic heterocycles. The van der Waals surface area contributed by atoms with Crippen molar-refractivity contribution in [3.8, 4) is 5.69 Å². The predicted octanol–water partition coefficient (Wildman–Crippen LogP) is 4.42. The molecule has 0 fully saturated rings. The van der Waals surface area contributed by atoms with Gasteiger partial charge in [0.1, 0.15) is 0 Å². The molecule has 0 aliphatic carbocycles. The molecule has 5 nitrogen and oxygen atoms in total. The summed E-state index contributed by atoms with van der Waals surface area (Å²) in [5, 5.41) is 11.9. The van der Waals surface area contributed by atoms with Crippen LogP contribution in [0, 0.1) is 13.8 Å². The number of amides is 1. The van der Waals surface area contributed by atoms with E-state index < -0.39 is 0 Å². The lowest BCUT2D eigenvalue weighted by atomic mass is 10.0. The van der Waals surface area contributed by atoms with E-state index >= 15 is 0 Å². The molecule has 0 saturated carbocycles. The zero-order valence-corrected chi connectivity index (χ0v) is 15.8. The minimum Gasteiger partial charge on any atom is -0.344 e. The Bertz CT molecular complexity index is 901. The standard InChI is InChI=1S/C20H21ClN4O/c1-4-18(15-7-9-16(21)10-8-15)22-20(26)19-14(3)25(24-23-19)17-11-5-13(2)6-12-17/h5-12,18H,4H2,1-3H3,(H,22,26). The van der Waals surface area contributed by atoms with Gasteiger partial charge in [-0.3, -0.25) is 4.79 Å². The van der Waals surface area contributed by atoms with E-state index in [9.17, 15) is 4.79 Å². The molecular formula is C20H21ClN4O. The van der Waals surface area contributed by atoms with Crippen LogP contribution in [0.2, 0.25) is 5.02 Å². The Morgan fingerprint density at radius 1 is 1.12 bits per heavy atom. The average Bonchev–Trinajstić information content (AvgIpc) is 3.02. The molecular weight excluding hydrogens is 348 g/mol. The highest BCUT2D eigenvalue weighted by molar-refractivity contribution is 6.30. The number of benzene rings is 2. The van der Waals surface area contributed by atoms with E-state index in [4.69, 9.17) is 11.6 Å². The van der Waals surface area contributed by atoms with Crippen LogP contribution >= 0.6 is 11.6 Å². The Hall–Kier alpha value is -2.66. The number of hydrogen-bond donors (Lipinski definition) is 1. The van der Waals surface area contributed by atoms with Gasteiger partial charge in [-0.2, -0.15) is 0 Å². The summed E-state index contributed by atoms with van der Waals surface area (Å²) in [7, 11) is 0. The smallest absolute Gasteiger partial charge is 0.274 e. The van der Waals surface area contributed by atoms with E-state index in [0.29, 0.717) is 16.4 Å². The second-order valence-electron chi connectivity index (χ2n) is 6.26. The van der Waals surface area contributed by atoms with Crippen LogP contribution in [0.15, 0.2) is 48.5 Å². The van der Waals surface area contributed by atoms with Crippen molar-refractivity contribution in [2.24, 2.45) is 0 Å². The maximum Gasteiger partial charge on any atom is 0.274 e. The molecule has 6 heteroatoms. The van der Waals surface area contributed by atoms with Crippen LogP contribution in [-0.2, 0) is 0 Å². The maximum absolute atomic E-state index is 12.7. The molecule has 0 radical (unpaired) electrons. The topological polar surface area (TPSA) is 59.8 Å². The zero-order chi connectivity index (χ0) is 18.7. The molecule has 1 atom stereocenters. The van der Waals surface area contributed by atoms with Crippen LogP contribution in [-0.4, -0.2) is 20.9 Å². The lowest BCUT2D eigenvalue weighted by Gasteiger charge is -2.17. The van der Waals surface area contributed by atoms with Crippen molar-refractivity contribution in [2.75, 3.05) is 0 Å². The van der Waals surface area contributed by atoms with Gasteiger partial charge in [-0.15, -0.1) is 5.10 Å². The minimum atomic E-state index is -0.234. The molecule has 0 aliphatic rings. The largest absolute Gasteiger partial charge is 0.344 e. The minimum absolute atomic E-state index is 0.108. The predicted molar refractivity (Wildman–Crippen MR) is 103 cm³/mol. The molecule has 0 saturated heterocycles. The quantitative estimate of drug-likeness (QED) is 0.725. The van der Waals surface area contributed by atoms with Crippen LogP contribution in [0.3, 0.4) is 0 Å². The summed E-state index contributed by atoms with van der Waals surface area (Å²) < 4.78 is 1.68. The van der Waals surface area contributed by atoms with Crippen molar-refractivity contribution < 1.29 is 4.79 Å². The molecule has 1 N–H and O–H groups in total. The Balaban J connectivity index is 1.81. The van der Waals surface area contributed by atoms with Crippen LogP contribution in [0.5, 0.6) is 0 Å². The van der Waals surface area contributed by atoms with Crippen molar-refractivity contribution in [1.29, 1.82) is 0 Å². The van der Waals surface area contributed by atoms with Crippen LogP contribution in [0.4, 0.5) is 0 Å². The van der Waals surface area contributed by atoms with E-state index in [-0.39, 0.29) is 11.9 Å². The third-order valence-electron chi connectivity index (χ3n) is 4.37. The number of nitrogens with zero attached hydrogens (tertiary/aromatic N) is 3. The van der Waals surface area contributed by atoms with Gasteiger partial charge in [0.15, 0.2) is 5.69 Å². The van der Waals surface area contributed by atoms with Crippen molar-refractivity contribution >= 4 is 17.5 Å². The van der Waals surface area contributed by atoms with Crippen LogP contribution < -0.4 is 5.32 Å². The third-order valence-corrected chi connectivity index (χ3v) is 4.63. The first-order valence-electron chi connectivity index (χ1n) is 8.55. The zero-order valence-electron chi connectivity index (χ0n) is 15.0. The number of aromatic nitrogens is 3. The number of rotatable bonds is 5. The molecule has 26 heavy (non-hydrogen) atoms. The summed E-state index contributed by atoms with van der Waals surface area (Å²) in [6.07, 6.45) is 0.762. The van der Waals surface area contributed by atoms with Gasteiger partial charge in [-0.25, -0.2) is 4.68 Å². The molecule has 1 amide bonds. The highest BCUT2D eigenvalue weighted by Crippen LogP contribution is 2.20. The van der Waals surface area contributed by atoms with E-state index in [2.05, 4.69) is 15.6 Å². The fourth-order valence-electron chi connectivity index (χ4n) is 2.81. The molecule has 3 aromatic rings. The van der Waals surface area contributed by atoms with Gasteiger partial charge in [0.2, 0.25) is 0 Å². The molecule has 1 heterocycles. The summed E-state index contributed by atoms with van der Waals surface area (Å²) in [6.45, 7) is 5.89. The number of carbonyl (C=O) groups excluding carboxylic acids is 1. The Kier molecular flexibility index (Phi) is 5.38. The van der Waals surface area contributed by atoms with Gasteiger partial charge >= 0.3 is 0 Å². The Labute approximate surface area is 158 Å². The van der Waals surface area contributed by atoms with Crippen LogP contribution in [0.1, 0.15) is 46.7 Å². The average molecular weight is 369 g/mol. The van der Waals surface area contributed by atoms with Crippen molar-refractivity contribution in [1.82, 2.24) is 20.3 Å². The number of nitrogens with one attached hydrogen (secondary N) is 1. The molecule has 0 spiro atoms. The second-order valence-corrected chi connectivity index (χ2v) is 6.69. The van der Waals surface area contributed by atoms with Gasteiger partial charge < -0.3 is 5.32 Å². The first kappa shape index (κ1) is 18.1. The summed E-state index contributed by atoms with van der Waals surface area (Å²) in [5.74, 6) is -0.234. The first-order chi connectivity index (χ1) is 12.5. The summed E-state index contributed by atoms with van der Waals surface area (Å²) in [5.41, 5.74) is 4.09. The maximum atomic E-state index is 12.7. The van der Waals surface area contributed by atoms with Crippen molar-refractivity contribution in [3.63, 3.8) is 0 Å². The summed E-state index contributed by atoms with van der Waals surface area (Å²) in [6, 6.07) is 15.3. The second kappa shape index (κ2) is 7.70. The normalized spacial score (nSPS) is 12.0. The monoisotopic (exact) mass is 368 g/mol. The van der Waals surface area contributed by atoms with Crippen molar-refractivity contribution in [2.45, 2.75) is 33.2 Å². The van der Waals surface area contributed by atoms with Gasteiger partial charge in [-0.1, -0.05) is 53.6 Å². The Morgan fingerprint density at radius 3 is 2.38 bits per heavy atom. The van der Waals surface area contributed by atoms with Crippen molar-refractivity contribution in [3.05, 3.63) is 76.1 Å². The molecule has 3 rings (SSSR count). The molecule has 1 unspecified atom stereocenters. The molecule has 1 aromatic heterocycles.